The van der Waals surface area contributed by atoms with Gasteiger partial charge in [0.15, 0.2) is 0 Å². The third kappa shape index (κ3) is 2.52. The first-order valence-electron chi connectivity index (χ1n) is 10.2. The Morgan fingerprint density at radius 1 is 1.25 bits per heavy atom. The van der Waals surface area contributed by atoms with Crippen LogP contribution in [0.15, 0.2) is 6.20 Å². The minimum Gasteiger partial charge on any atom is -0.342 e. The second-order valence-corrected chi connectivity index (χ2v) is 9.08. The van der Waals surface area contributed by atoms with Crippen molar-refractivity contribution in [1.82, 2.24) is 19.6 Å². The van der Waals surface area contributed by atoms with Crippen LogP contribution in [-0.2, 0) is 16.6 Å². The van der Waals surface area contributed by atoms with Crippen LogP contribution in [0.3, 0.4) is 0 Å². The highest BCUT2D eigenvalue weighted by Gasteiger charge is 2.71. The first-order chi connectivity index (χ1) is 13.2. The summed E-state index contributed by atoms with van der Waals surface area (Å²) in [5.74, 6) is -3.06. The molecule has 0 radical (unpaired) electrons. The van der Waals surface area contributed by atoms with Gasteiger partial charge >= 0.3 is 0 Å². The van der Waals surface area contributed by atoms with Crippen molar-refractivity contribution in [2.24, 2.45) is 18.4 Å². The zero-order valence-electron chi connectivity index (χ0n) is 16.3. The Balaban J connectivity index is 1.39. The summed E-state index contributed by atoms with van der Waals surface area (Å²) in [7, 11) is 1.85. The van der Waals surface area contributed by atoms with Gasteiger partial charge in [-0.3, -0.25) is 14.3 Å². The lowest BCUT2D eigenvalue weighted by Crippen LogP contribution is -2.44. The summed E-state index contributed by atoms with van der Waals surface area (Å²) >= 11 is 0. The maximum atomic E-state index is 13.7. The average Bonchev–Trinajstić information content (AvgIpc) is 3.50. The molecule has 8 heteroatoms. The van der Waals surface area contributed by atoms with Crippen LogP contribution in [0.2, 0.25) is 0 Å². The Hall–Kier alpha value is -1.99. The van der Waals surface area contributed by atoms with Gasteiger partial charge in [-0.05, 0) is 32.6 Å². The Morgan fingerprint density at radius 3 is 2.39 bits per heavy atom. The standard InChI is InChI=1S/C20H26F2N4O2/c1-12-15(10-23-24(12)2)17-14(9-16(27)26(17)13-3-4-13)18(28)25-7-5-19(6-8-25)11-20(19,21)22/h10,13-14,17H,3-9,11H2,1-2H3/t14-,17-/m0/s1. The van der Waals surface area contributed by atoms with Crippen molar-refractivity contribution in [3.05, 3.63) is 17.5 Å². The highest BCUT2D eigenvalue weighted by atomic mass is 19.3. The molecule has 28 heavy (non-hydrogen) atoms. The van der Waals surface area contributed by atoms with Crippen LogP contribution in [0.5, 0.6) is 0 Å². The summed E-state index contributed by atoms with van der Waals surface area (Å²) < 4.78 is 29.1. The second kappa shape index (κ2) is 5.76. The van der Waals surface area contributed by atoms with Gasteiger partial charge in [-0.15, -0.1) is 0 Å². The highest BCUT2D eigenvalue weighted by molar-refractivity contribution is 5.91. The summed E-state index contributed by atoms with van der Waals surface area (Å²) in [4.78, 5) is 29.8. The van der Waals surface area contributed by atoms with Gasteiger partial charge in [-0.1, -0.05) is 0 Å². The van der Waals surface area contributed by atoms with Gasteiger partial charge in [0.1, 0.15) is 0 Å². The summed E-state index contributed by atoms with van der Waals surface area (Å²) in [5, 5.41) is 4.32. The monoisotopic (exact) mass is 392 g/mol. The number of nitrogens with zero attached hydrogens (tertiary/aromatic N) is 4. The van der Waals surface area contributed by atoms with E-state index >= 15 is 0 Å². The van der Waals surface area contributed by atoms with E-state index in [2.05, 4.69) is 5.10 Å². The first-order valence-corrected chi connectivity index (χ1v) is 10.2. The zero-order chi connectivity index (χ0) is 19.8. The lowest BCUT2D eigenvalue weighted by atomic mass is 9.89. The summed E-state index contributed by atoms with van der Waals surface area (Å²) in [5.41, 5.74) is 1.01. The summed E-state index contributed by atoms with van der Waals surface area (Å²) in [6.45, 7) is 2.68. The molecule has 2 saturated heterocycles. The van der Waals surface area contributed by atoms with Gasteiger partial charge in [0.25, 0.3) is 5.92 Å². The van der Waals surface area contributed by atoms with E-state index in [1.807, 2.05) is 18.9 Å². The van der Waals surface area contributed by atoms with E-state index in [9.17, 15) is 18.4 Å². The number of rotatable bonds is 3. The normalized spacial score (nSPS) is 30.9. The maximum absolute atomic E-state index is 13.7. The summed E-state index contributed by atoms with van der Waals surface area (Å²) in [6.07, 6.45) is 4.59. The van der Waals surface area contributed by atoms with Crippen molar-refractivity contribution in [1.29, 1.82) is 0 Å². The van der Waals surface area contributed by atoms with Gasteiger partial charge in [0.05, 0.1) is 18.2 Å². The zero-order valence-corrected chi connectivity index (χ0v) is 16.3. The van der Waals surface area contributed by atoms with Crippen LogP contribution in [0.4, 0.5) is 8.78 Å². The number of halogens is 2. The van der Waals surface area contributed by atoms with E-state index in [-0.39, 0.29) is 36.7 Å². The fraction of sp³-hybridized carbons (Fsp3) is 0.750. The number of aromatic nitrogens is 2. The third-order valence-electron chi connectivity index (χ3n) is 7.46. The number of hydrogen-bond donors (Lipinski definition) is 0. The minimum absolute atomic E-state index is 0.0244. The Labute approximate surface area is 162 Å². The molecule has 0 aromatic carbocycles. The molecule has 4 fully saturated rings. The third-order valence-corrected chi connectivity index (χ3v) is 7.46. The van der Waals surface area contributed by atoms with E-state index in [1.165, 1.54) is 0 Å². The van der Waals surface area contributed by atoms with E-state index in [0.29, 0.717) is 25.9 Å². The molecule has 2 atom stereocenters. The van der Waals surface area contributed by atoms with Gasteiger partial charge in [-0.25, -0.2) is 8.78 Å². The lowest BCUT2D eigenvalue weighted by molar-refractivity contribution is -0.139. The SMILES string of the molecule is Cc1c([C@@H]2[C@@H](C(=O)N3CCC4(CC3)CC4(F)F)CC(=O)N2C2CC2)cnn1C. The van der Waals surface area contributed by atoms with E-state index in [1.54, 1.807) is 15.8 Å². The van der Waals surface area contributed by atoms with Crippen LogP contribution >= 0.6 is 0 Å². The van der Waals surface area contributed by atoms with Crippen molar-refractivity contribution in [3.63, 3.8) is 0 Å². The van der Waals surface area contributed by atoms with Gasteiger partial charge < -0.3 is 9.80 Å². The van der Waals surface area contributed by atoms with E-state index in [0.717, 1.165) is 24.1 Å². The van der Waals surface area contributed by atoms with Gasteiger partial charge in [0.2, 0.25) is 11.8 Å². The van der Waals surface area contributed by atoms with E-state index < -0.39 is 17.3 Å². The minimum atomic E-state index is -2.57. The van der Waals surface area contributed by atoms with Crippen LogP contribution < -0.4 is 0 Å². The predicted octanol–water partition coefficient (Wildman–Crippen LogP) is 2.43. The molecule has 0 unspecified atom stereocenters. The van der Waals surface area contributed by atoms with Gasteiger partial charge in [0, 0.05) is 55.7 Å². The number of alkyl halides is 2. The Morgan fingerprint density at radius 2 is 1.89 bits per heavy atom. The largest absolute Gasteiger partial charge is 0.342 e. The van der Waals surface area contributed by atoms with Crippen molar-refractivity contribution in [2.45, 2.75) is 63.5 Å². The molecular weight excluding hydrogens is 366 g/mol. The number of piperidine rings is 1. The predicted molar refractivity (Wildman–Crippen MR) is 96.5 cm³/mol. The molecule has 1 aromatic heterocycles. The molecule has 0 N–H and O–H groups in total. The van der Waals surface area contributed by atoms with Crippen LogP contribution in [0, 0.1) is 18.3 Å². The molecule has 2 aliphatic carbocycles. The molecule has 2 saturated carbocycles. The van der Waals surface area contributed by atoms with Crippen LogP contribution in [0.25, 0.3) is 0 Å². The number of likely N-dealkylation sites (tertiary alicyclic amines) is 2. The molecular formula is C20H26F2N4O2. The fourth-order valence-electron chi connectivity index (χ4n) is 5.25. The highest BCUT2D eigenvalue weighted by Crippen LogP contribution is 2.66. The van der Waals surface area contributed by atoms with Crippen molar-refractivity contribution in [3.8, 4) is 0 Å². The van der Waals surface area contributed by atoms with Crippen molar-refractivity contribution >= 4 is 11.8 Å². The fourth-order valence-corrected chi connectivity index (χ4v) is 5.25. The number of aryl methyl sites for hydroxylation is 1. The van der Waals surface area contributed by atoms with Crippen molar-refractivity contribution in [2.75, 3.05) is 13.1 Å². The number of hydrogen-bond acceptors (Lipinski definition) is 3. The second-order valence-electron chi connectivity index (χ2n) is 9.08. The molecule has 4 aliphatic rings. The molecule has 152 valence electrons. The topological polar surface area (TPSA) is 58.4 Å². The van der Waals surface area contributed by atoms with Crippen LogP contribution in [-0.4, -0.2) is 56.4 Å². The molecule has 3 heterocycles. The molecule has 1 aromatic rings. The molecule has 6 nitrogen and oxygen atoms in total. The maximum Gasteiger partial charge on any atom is 0.254 e. The molecule has 2 amide bonds. The average molecular weight is 392 g/mol. The molecule has 5 rings (SSSR count). The molecule has 1 spiro atoms. The number of carbonyl (C=O) groups excluding carboxylic acids is 2. The Kier molecular flexibility index (Phi) is 3.72. The quantitative estimate of drug-likeness (QED) is 0.794. The smallest absolute Gasteiger partial charge is 0.254 e. The Bertz CT molecular complexity index is 839. The van der Waals surface area contributed by atoms with Crippen LogP contribution in [0.1, 0.15) is 55.8 Å². The van der Waals surface area contributed by atoms with Gasteiger partial charge in [-0.2, -0.15) is 5.10 Å². The molecule has 2 aliphatic heterocycles. The van der Waals surface area contributed by atoms with Crippen molar-refractivity contribution < 1.29 is 18.4 Å². The number of carbonyl (C=O) groups is 2. The number of amides is 2. The first kappa shape index (κ1) is 18.1. The lowest BCUT2D eigenvalue weighted by Gasteiger charge is -2.35. The molecule has 0 bridgehead atoms. The summed E-state index contributed by atoms with van der Waals surface area (Å²) in [6, 6.07) is -0.0795. The van der Waals surface area contributed by atoms with E-state index in [4.69, 9.17) is 0 Å².